The van der Waals surface area contributed by atoms with E-state index in [4.69, 9.17) is 4.99 Å². The highest BCUT2D eigenvalue weighted by Crippen LogP contribution is 2.19. The van der Waals surface area contributed by atoms with Crippen molar-refractivity contribution in [3.63, 3.8) is 0 Å². The van der Waals surface area contributed by atoms with Crippen LogP contribution >= 0.6 is 35.3 Å². The van der Waals surface area contributed by atoms with Gasteiger partial charge in [0.05, 0.1) is 16.4 Å². The molecule has 8 heteroatoms. The molecule has 0 spiro atoms. The monoisotopic (exact) mass is 504 g/mol. The van der Waals surface area contributed by atoms with Crippen LogP contribution in [-0.4, -0.2) is 45.8 Å². The van der Waals surface area contributed by atoms with Gasteiger partial charge in [-0.15, -0.1) is 35.3 Å². The molecule has 0 unspecified atom stereocenters. The molecule has 0 atom stereocenters. The van der Waals surface area contributed by atoms with Gasteiger partial charge in [-0.1, -0.05) is 13.8 Å². The van der Waals surface area contributed by atoms with Crippen molar-refractivity contribution in [3.05, 3.63) is 33.0 Å². The summed E-state index contributed by atoms with van der Waals surface area (Å²) in [5, 5.41) is 9.14. The third-order valence-electron chi connectivity index (χ3n) is 4.19. The van der Waals surface area contributed by atoms with Crippen molar-refractivity contribution in [1.29, 1.82) is 0 Å². The molecule has 6 nitrogen and oxygen atoms in total. The maximum absolute atomic E-state index is 4.82. The number of hydrogen-bond donors (Lipinski definition) is 1. The van der Waals surface area contributed by atoms with Crippen molar-refractivity contribution < 1.29 is 0 Å². The number of guanidine groups is 1. The molecule has 2 aromatic heterocycles. The Morgan fingerprint density at radius 3 is 2.63 bits per heavy atom. The second-order valence-corrected chi connectivity index (χ2v) is 8.24. The summed E-state index contributed by atoms with van der Waals surface area (Å²) in [5.41, 5.74) is 3.55. The predicted octanol–water partition coefficient (Wildman–Crippen LogP) is 3.87. The summed E-state index contributed by atoms with van der Waals surface area (Å²) in [5.74, 6) is 1.35. The van der Waals surface area contributed by atoms with E-state index in [-0.39, 0.29) is 24.0 Å². The minimum absolute atomic E-state index is 0. The maximum atomic E-state index is 4.82. The zero-order valence-corrected chi connectivity index (χ0v) is 20.7. The van der Waals surface area contributed by atoms with Crippen LogP contribution < -0.4 is 5.32 Å². The first-order valence-electron chi connectivity index (χ1n) is 9.26. The highest BCUT2D eigenvalue weighted by Gasteiger charge is 2.15. The summed E-state index contributed by atoms with van der Waals surface area (Å²) in [6.07, 6.45) is 3.04. The van der Waals surface area contributed by atoms with E-state index in [9.17, 15) is 0 Å². The first-order valence-corrected chi connectivity index (χ1v) is 10.1. The Morgan fingerprint density at radius 1 is 1.37 bits per heavy atom. The second kappa shape index (κ2) is 11.0. The van der Waals surface area contributed by atoms with E-state index >= 15 is 0 Å². The molecule has 0 aliphatic carbocycles. The fourth-order valence-electron chi connectivity index (χ4n) is 3.03. The summed E-state index contributed by atoms with van der Waals surface area (Å²) in [6, 6.07) is 0. The van der Waals surface area contributed by atoms with Gasteiger partial charge in [0.25, 0.3) is 0 Å². The lowest BCUT2D eigenvalue weighted by atomic mass is 10.1. The van der Waals surface area contributed by atoms with Crippen LogP contribution in [-0.2, 0) is 20.0 Å². The van der Waals surface area contributed by atoms with E-state index in [0.29, 0.717) is 5.92 Å². The maximum Gasteiger partial charge on any atom is 0.193 e. The van der Waals surface area contributed by atoms with Gasteiger partial charge in [0, 0.05) is 56.8 Å². The molecule has 0 aromatic carbocycles. The highest BCUT2D eigenvalue weighted by atomic mass is 127. The Balaban J connectivity index is 0.00000364. The van der Waals surface area contributed by atoms with E-state index in [1.165, 1.54) is 10.4 Å². The lowest BCUT2D eigenvalue weighted by molar-refractivity contribution is 0.473. The minimum Gasteiger partial charge on any atom is -0.357 e. The van der Waals surface area contributed by atoms with Gasteiger partial charge in [-0.3, -0.25) is 9.67 Å². The highest BCUT2D eigenvalue weighted by molar-refractivity contribution is 14.0. The zero-order valence-electron chi connectivity index (χ0n) is 17.5. The quantitative estimate of drug-likeness (QED) is 0.353. The lowest BCUT2D eigenvalue weighted by Crippen LogP contribution is -2.38. The van der Waals surface area contributed by atoms with Crippen LogP contribution in [0.1, 0.15) is 53.5 Å². The third-order valence-corrected chi connectivity index (χ3v) is 5.32. The summed E-state index contributed by atoms with van der Waals surface area (Å²) in [6.45, 7) is 13.0. The van der Waals surface area contributed by atoms with E-state index in [1.807, 2.05) is 11.7 Å². The molecule has 0 saturated carbocycles. The van der Waals surface area contributed by atoms with Crippen LogP contribution in [0.15, 0.2) is 11.2 Å². The molecule has 152 valence electrons. The molecule has 2 aromatic rings. The molecule has 1 N–H and O–H groups in total. The molecule has 0 fully saturated rings. The van der Waals surface area contributed by atoms with Gasteiger partial charge in [-0.2, -0.15) is 5.10 Å². The summed E-state index contributed by atoms with van der Waals surface area (Å²) < 4.78 is 1.90. The molecule has 0 aliphatic heterocycles. The third kappa shape index (κ3) is 6.74. The van der Waals surface area contributed by atoms with Crippen molar-refractivity contribution in [2.45, 2.75) is 53.5 Å². The number of rotatable bonds is 7. The number of nitrogens with zero attached hydrogens (tertiary/aromatic N) is 5. The predicted molar refractivity (Wildman–Crippen MR) is 125 cm³/mol. The molecule has 0 aliphatic rings. The van der Waals surface area contributed by atoms with Crippen LogP contribution in [0.3, 0.4) is 0 Å². The lowest BCUT2D eigenvalue weighted by Gasteiger charge is -2.22. The van der Waals surface area contributed by atoms with Gasteiger partial charge in [0.15, 0.2) is 5.96 Å². The van der Waals surface area contributed by atoms with Gasteiger partial charge in [0.1, 0.15) is 0 Å². The summed E-state index contributed by atoms with van der Waals surface area (Å²) in [4.78, 5) is 12.8. The Bertz CT molecular complexity index is 749. The van der Waals surface area contributed by atoms with Crippen LogP contribution in [0.5, 0.6) is 0 Å². The van der Waals surface area contributed by atoms with Crippen LogP contribution in [0.25, 0.3) is 0 Å². The molecule has 2 rings (SSSR count). The molecule has 0 bridgehead atoms. The van der Waals surface area contributed by atoms with Crippen molar-refractivity contribution in [1.82, 2.24) is 25.0 Å². The standard InChI is InChI=1S/C19H32N6S.HI/c1-8-20-19(21-10-9-17-14(4)22-15(5)26-17)24(6)11-16-12-25(7)23-18(16)13(2)3;/h12-13H,8-11H2,1-7H3,(H,20,21);1H. The van der Waals surface area contributed by atoms with E-state index in [2.05, 4.69) is 68.2 Å². The van der Waals surface area contributed by atoms with Gasteiger partial charge in [-0.05, 0) is 26.7 Å². The topological polar surface area (TPSA) is 58.3 Å². The minimum atomic E-state index is 0. The molecule has 0 saturated heterocycles. The van der Waals surface area contributed by atoms with Crippen LogP contribution in [0, 0.1) is 13.8 Å². The molecule has 0 radical (unpaired) electrons. The van der Waals surface area contributed by atoms with Crippen LogP contribution in [0.2, 0.25) is 0 Å². The Kier molecular flexibility index (Phi) is 9.72. The summed E-state index contributed by atoms with van der Waals surface area (Å²) in [7, 11) is 4.06. The number of nitrogens with one attached hydrogen (secondary N) is 1. The summed E-state index contributed by atoms with van der Waals surface area (Å²) >= 11 is 1.77. The van der Waals surface area contributed by atoms with Crippen molar-refractivity contribution in [2.24, 2.45) is 12.0 Å². The Morgan fingerprint density at radius 2 is 2.07 bits per heavy atom. The van der Waals surface area contributed by atoms with E-state index in [0.717, 1.165) is 48.4 Å². The fraction of sp³-hybridized carbons (Fsp3) is 0.632. The van der Waals surface area contributed by atoms with Crippen molar-refractivity contribution in [2.75, 3.05) is 20.1 Å². The average Bonchev–Trinajstić information content (AvgIpc) is 3.08. The average molecular weight is 504 g/mol. The molecular formula is C19H33IN6S. The van der Waals surface area contributed by atoms with Crippen LogP contribution in [0.4, 0.5) is 0 Å². The van der Waals surface area contributed by atoms with Gasteiger partial charge >= 0.3 is 0 Å². The first kappa shape index (κ1) is 23.9. The van der Waals surface area contributed by atoms with Gasteiger partial charge in [0.2, 0.25) is 0 Å². The first-order chi connectivity index (χ1) is 12.3. The SMILES string of the molecule is CCNC(=NCCc1sc(C)nc1C)N(C)Cc1cn(C)nc1C(C)C.I. The number of aliphatic imine (C=N–C) groups is 1. The number of hydrogen-bond acceptors (Lipinski definition) is 4. The Hall–Kier alpha value is -1.16. The van der Waals surface area contributed by atoms with Gasteiger partial charge < -0.3 is 10.2 Å². The fourth-order valence-corrected chi connectivity index (χ4v) is 3.96. The number of halogens is 1. The van der Waals surface area contributed by atoms with Crippen molar-refractivity contribution >= 4 is 41.3 Å². The van der Waals surface area contributed by atoms with E-state index in [1.54, 1.807) is 11.3 Å². The molecule has 2 heterocycles. The van der Waals surface area contributed by atoms with Crippen molar-refractivity contribution in [3.8, 4) is 0 Å². The smallest absolute Gasteiger partial charge is 0.193 e. The zero-order chi connectivity index (χ0) is 19.3. The Labute approximate surface area is 184 Å². The second-order valence-electron chi connectivity index (χ2n) is 6.95. The van der Waals surface area contributed by atoms with Gasteiger partial charge in [-0.25, -0.2) is 4.98 Å². The molecule has 27 heavy (non-hydrogen) atoms. The number of aryl methyl sites for hydroxylation is 3. The molecular weight excluding hydrogens is 471 g/mol. The van der Waals surface area contributed by atoms with E-state index < -0.39 is 0 Å². The number of thiazole rings is 1. The molecule has 0 amide bonds. The largest absolute Gasteiger partial charge is 0.357 e. The number of aromatic nitrogens is 3. The normalized spacial score (nSPS) is 11.6.